The Morgan fingerprint density at radius 2 is 2.15 bits per heavy atom. The van der Waals surface area contributed by atoms with Crippen LogP contribution in [0, 0.1) is 5.82 Å². The van der Waals surface area contributed by atoms with Gasteiger partial charge in [-0.15, -0.1) is 0 Å². The molecular formula is C9H5ClFNO. The molecule has 0 bridgehead atoms. The number of hydrogen-bond donors (Lipinski definition) is 0. The van der Waals surface area contributed by atoms with Crippen LogP contribution in [-0.2, 0) is 0 Å². The van der Waals surface area contributed by atoms with Crippen LogP contribution in [-0.4, -0.2) is 5.16 Å². The second kappa shape index (κ2) is 3.18. The van der Waals surface area contributed by atoms with Gasteiger partial charge in [-0.05, 0) is 18.2 Å². The molecule has 1 aromatic heterocycles. The molecule has 0 unspecified atom stereocenters. The summed E-state index contributed by atoms with van der Waals surface area (Å²) >= 11 is 5.70. The van der Waals surface area contributed by atoms with Crippen LogP contribution in [0.15, 0.2) is 35.0 Å². The summed E-state index contributed by atoms with van der Waals surface area (Å²) < 4.78 is 18.0. The van der Waals surface area contributed by atoms with Gasteiger partial charge in [-0.3, -0.25) is 0 Å². The van der Waals surface area contributed by atoms with E-state index < -0.39 is 0 Å². The zero-order valence-electron chi connectivity index (χ0n) is 6.50. The molecular weight excluding hydrogens is 193 g/mol. The maximum Gasteiger partial charge on any atom is 0.169 e. The van der Waals surface area contributed by atoms with Crippen molar-refractivity contribution in [2.24, 2.45) is 0 Å². The van der Waals surface area contributed by atoms with Crippen molar-refractivity contribution in [3.8, 4) is 11.3 Å². The van der Waals surface area contributed by atoms with Crippen molar-refractivity contribution in [2.45, 2.75) is 0 Å². The van der Waals surface area contributed by atoms with Crippen molar-refractivity contribution in [3.63, 3.8) is 0 Å². The molecule has 4 heteroatoms. The Balaban J connectivity index is 2.57. The van der Waals surface area contributed by atoms with Gasteiger partial charge in [-0.2, -0.15) is 0 Å². The molecule has 2 rings (SSSR count). The topological polar surface area (TPSA) is 26.0 Å². The monoisotopic (exact) mass is 197 g/mol. The highest BCUT2D eigenvalue weighted by Gasteiger charge is 2.08. The molecule has 1 aromatic carbocycles. The maximum absolute atomic E-state index is 13.2. The average Bonchev–Trinajstić information content (AvgIpc) is 2.61. The highest BCUT2D eigenvalue weighted by molar-refractivity contribution is 6.30. The minimum absolute atomic E-state index is 0.324. The third-order valence-electron chi connectivity index (χ3n) is 1.63. The molecule has 2 aromatic rings. The summed E-state index contributed by atoms with van der Waals surface area (Å²) in [6.07, 6.45) is 1.45. The zero-order chi connectivity index (χ0) is 9.26. The van der Waals surface area contributed by atoms with Crippen LogP contribution in [0.3, 0.4) is 0 Å². The van der Waals surface area contributed by atoms with Gasteiger partial charge in [0.2, 0.25) is 0 Å². The second-order valence-electron chi connectivity index (χ2n) is 2.50. The predicted molar refractivity (Wildman–Crippen MR) is 46.9 cm³/mol. The average molecular weight is 198 g/mol. The lowest BCUT2D eigenvalue weighted by Gasteiger charge is -1.97. The molecule has 0 aliphatic carbocycles. The maximum atomic E-state index is 13.2. The fourth-order valence-corrected chi connectivity index (χ4v) is 1.21. The third kappa shape index (κ3) is 1.55. The lowest BCUT2D eigenvalue weighted by Crippen LogP contribution is -1.81. The van der Waals surface area contributed by atoms with Crippen LogP contribution >= 0.6 is 11.6 Å². The van der Waals surface area contributed by atoms with Crippen LogP contribution in [0.25, 0.3) is 11.3 Å². The van der Waals surface area contributed by atoms with E-state index in [2.05, 4.69) is 5.16 Å². The normalized spacial score (nSPS) is 10.3. The quantitative estimate of drug-likeness (QED) is 0.702. The lowest BCUT2D eigenvalue weighted by molar-refractivity contribution is 0.430. The largest absolute Gasteiger partial charge is 0.356 e. The van der Waals surface area contributed by atoms with Gasteiger partial charge in [0.05, 0.1) is 11.8 Å². The van der Waals surface area contributed by atoms with Gasteiger partial charge in [0.25, 0.3) is 0 Å². The summed E-state index contributed by atoms with van der Waals surface area (Å²) in [6.45, 7) is 0. The Kier molecular flexibility index (Phi) is 2.02. The molecule has 13 heavy (non-hydrogen) atoms. The van der Waals surface area contributed by atoms with Gasteiger partial charge in [-0.25, -0.2) is 4.39 Å². The standard InChI is InChI=1S/C9H5ClFNO/c10-6-1-2-8(11)7(5-6)9-3-4-12-13-9/h1-5H. The molecule has 0 N–H and O–H groups in total. The van der Waals surface area contributed by atoms with Crippen LogP contribution in [0.5, 0.6) is 0 Å². The van der Waals surface area contributed by atoms with Crippen molar-refractivity contribution in [1.29, 1.82) is 0 Å². The Bertz CT molecular complexity index is 414. The molecule has 1 heterocycles. The van der Waals surface area contributed by atoms with Crippen LogP contribution < -0.4 is 0 Å². The second-order valence-corrected chi connectivity index (χ2v) is 2.94. The van der Waals surface area contributed by atoms with E-state index in [-0.39, 0.29) is 5.82 Å². The van der Waals surface area contributed by atoms with Crippen molar-refractivity contribution in [3.05, 3.63) is 41.3 Å². The Labute approximate surface area is 78.9 Å². The highest BCUT2D eigenvalue weighted by Crippen LogP contribution is 2.25. The van der Waals surface area contributed by atoms with E-state index in [9.17, 15) is 4.39 Å². The van der Waals surface area contributed by atoms with Gasteiger partial charge in [0.1, 0.15) is 5.82 Å². The van der Waals surface area contributed by atoms with Crippen LogP contribution in [0.2, 0.25) is 5.02 Å². The summed E-state index contributed by atoms with van der Waals surface area (Å²) in [5.41, 5.74) is 0.324. The molecule has 0 aliphatic heterocycles. The lowest BCUT2D eigenvalue weighted by atomic mass is 10.1. The number of nitrogens with zero attached hydrogens (tertiary/aromatic N) is 1. The van der Waals surface area contributed by atoms with Crippen molar-refractivity contribution < 1.29 is 8.91 Å². The van der Waals surface area contributed by atoms with Gasteiger partial charge in [-0.1, -0.05) is 16.8 Å². The Morgan fingerprint density at radius 1 is 1.31 bits per heavy atom. The number of benzene rings is 1. The summed E-state index contributed by atoms with van der Waals surface area (Å²) in [4.78, 5) is 0. The minimum Gasteiger partial charge on any atom is -0.356 e. The van der Waals surface area contributed by atoms with Crippen molar-refractivity contribution in [1.82, 2.24) is 5.16 Å². The van der Waals surface area contributed by atoms with Gasteiger partial charge >= 0.3 is 0 Å². The first-order valence-electron chi connectivity index (χ1n) is 3.63. The van der Waals surface area contributed by atoms with Crippen molar-refractivity contribution >= 4 is 11.6 Å². The van der Waals surface area contributed by atoms with E-state index in [0.717, 1.165) is 0 Å². The Morgan fingerprint density at radius 3 is 2.85 bits per heavy atom. The molecule has 66 valence electrons. The highest BCUT2D eigenvalue weighted by atomic mass is 35.5. The molecule has 0 saturated heterocycles. The molecule has 0 aliphatic rings. The molecule has 0 fully saturated rings. The van der Waals surface area contributed by atoms with Gasteiger partial charge in [0.15, 0.2) is 5.76 Å². The van der Waals surface area contributed by atoms with Crippen molar-refractivity contribution in [2.75, 3.05) is 0 Å². The minimum atomic E-state index is -0.374. The van der Waals surface area contributed by atoms with Gasteiger partial charge in [0, 0.05) is 11.1 Å². The van der Waals surface area contributed by atoms with Gasteiger partial charge < -0.3 is 4.52 Å². The van der Waals surface area contributed by atoms with E-state index >= 15 is 0 Å². The fraction of sp³-hybridized carbons (Fsp3) is 0. The Hall–Kier alpha value is -1.35. The first kappa shape index (κ1) is 8.26. The first-order valence-corrected chi connectivity index (χ1v) is 4.01. The third-order valence-corrected chi connectivity index (χ3v) is 1.87. The molecule has 0 atom stereocenters. The number of halogens is 2. The van der Waals surface area contributed by atoms with E-state index in [1.807, 2.05) is 0 Å². The molecule has 2 nitrogen and oxygen atoms in total. The molecule has 0 saturated carbocycles. The van der Waals surface area contributed by atoms with E-state index in [1.165, 1.54) is 24.4 Å². The number of aromatic nitrogens is 1. The summed E-state index contributed by atoms with van der Waals surface area (Å²) in [5, 5.41) is 3.95. The number of rotatable bonds is 1. The molecule has 0 spiro atoms. The van der Waals surface area contributed by atoms with E-state index in [4.69, 9.17) is 16.1 Å². The smallest absolute Gasteiger partial charge is 0.169 e. The van der Waals surface area contributed by atoms with E-state index in [0.29, 0.717) is 16.3 Å². The summed E-state index contributed by atoms with van der Waals surface area (Å²) in [7, 11) is 0. The summed E-state index contributed by atoms with van der Waals surface area (Å²) in [5.74, 6) is 0.00106. The molecule has 0 radical (unpaired) electrons. The number of hydrogen-bond acceptors (Lipinski definition) is 2. The van der Waals surface area contributed by atoms with E-state index in [1.54, 1.807) is 6.07 Å². The zero-order valence-corrected chi connectivity index (χ0v) is 7.25. The fourth-order valence-electron chi connectivity index (χ4n) is 1.04. The summed E-state index contributed by atoms with van der Waals surface area (Å²) in [6, 6.07) is 5.85. The SMILES string of the molecule is Fc1ccc(Cl)cc1-c1ccno1. The first-order chi connectivity index (χ1) is 6.27. The van der Waals surface area contributed by atoms with Crippen LogP contribution in [0.4, 0.5) is 4.39 Å². The van der Waals surface area contributed by atoms with Crippen LogP contribution in [0.1, 0.15) is 0 Å². The molecule has 0 amide bonds. The predicted octanol–water partition coefficient (Wildman–Crippen LogP) is 3.13.